The van der Waals surface area contributed by atoms with Crippen LogP contribution in [0.5, 0.6) is 11.5 Å². The van der Waals surface area contributed by atoms with Gasteiger partial charge in [-0.3, -0.25) is 4.79 Å². The highest BCUT2D eigenvalue weighted by Gasteiger charge is 2.26. The zero-order valence-electron chi connectivity index (χ0n) is 12.0. The molecule has 1 aliphatic rings. The van der Waals surface area contributed by atoms with E-state index in [4.69, 9.17) is 9.47 Å². The highest BCUT2D eigenvalue weighted by atomic mass is 16.5. The van der Waals surface area contributed by atoms with E-state index in [0.717, 1.165) is 30.0 Å². The predicted molar refractivity (Wildman–Crippen MR) is 73.5 cm³/mol. The summed E-state index contributed by atoms with van der Waals surface area (Å²) < 4.78 is 10.7. The number of hydrogen-bond donors (Lipinski definition) is 0. The minimum absolute atomic E-state index is 0.0132. The molecule has 0 bridgehead atoms. The summed E-state index contributed by atoms with van der Waals surface area (Å²) in [4.78, 5) is 14.1. The average Bonchev–Trinajstić information content (AvgIpc) is 2.54. The lowest BCUT2D eigenvalue weighted by molar-refractivity contribution is -0.134. The average molecular weight is 263 g/mol. The van der Waals surface area contributed by atoms with Crippen molar-refractivity contribution in [3.63, 3.8) is 0 Å². The van der Waals surface area contributed by atoms with Crippen molar-refractivity contribution >= 4 is 5.91 Å². The second kappa shape index (κ2) is 5.51. The first kappa shape index (κ1) is 13.7. The van der Waals surface area contributed by atoms with E-state index in [1.54, 1.807) is 14.2 Å². The molecule has 2 rings (SSSR count). The fourth-order valence-corrected chi connectivity index (χ4v) is 2.58. The molecule has 1 heterocycles. The molecule has 1 aliphatic heterocycles. The van der Waals surface area contributed by atoms with Gasteiger partial charge >= 0.3 is 0 Å². The van der Waals surface area contributed by atoms with Crippen LogP contribution in [0.25, 0.3) is 0 Å². The van der Waals surface area contributed by atoms with Gasteiger partial charge in [0.1, 0.15) is 0 Å². The summed E-state index contributed by atoms with van der Waals surface area (Å²) in [6, 6.07) is 3.99. The van der Waals surface area contributed by atoms with Gasteiger partial charge in [0.2, 0.25) is 5.91 Å². The molecule has 1 aromatic carbocycles. The summed E-state index contributed by atoms with van der Waals surface area (Å²) in [6.07, 6.45) is 0.755. The molecular weight excluding hydrogens is 242 g/mol. The molecule has 0 fully saturated rings. The zero-order chi connectivity index (χ0) is 14.0. The third-order valence-electron chi connectivity index (χ3n) is 3.71. The van der Waals surface area contributed by atoms with Gasteiger partial charge in [-0.05, 0) is 36.6 Å². The molecule has 1 aromatic rings. The zero-order valence-corrected chi connectivity index (χ0v) is 12.0. The third kappa shape index (κ3) is 2.53. The van der Waals surface area contributed by atoms with E-state index in [0.29, 0.717) is 6.54 Å². The fraction of sp³-hybridized carbons (Fsp3) is 0.533. The van der Waals surface area contributed by atoms with Crippen LogP contribution in [0.2, 0.25) is 0 Å². The Bertz CT molecular complexity index is 485. The first-order valence-electron chi connectivity index (χ1n) is 6.63. The molecule has 4 nitrogen and oxygen atoms in total. The number of ether oxygens (including phenoxy) is 2. The van der Waals surface area contributed by atoms with Crippen LogP contribution in [0.4, 0.5) is 0 Å². The number of nitrogens with zero attached hydrogens (tertiary/aromatic N) is 1. The molecule has 0 N–H and O–H groups in total. The van der Waals surface area contributed by atoms with Crippen molar-refractivity contribution in [2.75, 3.05) is 20.8 Å². The highest BCUT2D eigenvalue weighted by Crippen LogP contribution is 2.34. The maximum absolute atomic E-state index is 12.2. The number of amides is 1. The molecule has 0 unspecified atom stereocenters. The van der Waals surface area contributed by atoms with E-state index in [2.05, 4.69) is 0 Å². The number of methoxy groups -OCH3 is 2. The molecule has 0 saturated carbocycles. The maximum atomic E-state index is 12.2. The van der Waals surface area contributed by atoms with Crippen LogP contribution in [0.3, 0.4) is 0 Å². The highest BCUT2D eigenvalue weighted by molar-refractivity contribution is 5.79. The summed E-state index contributed by atoms with van der Waals surface area (Å²) in [5, 5.41) is 0. The summed E-state index contributed by atoms with van der Waals surface area (Å²) >= 11 is 0. The van der Waals surface area contributed by atoms with E-state index in [1.165, 1.54) is 5.56 Å². The normalized spacial score (nSPS) is 18.8. The standard InChI is InChI=1S/C15H21NO3/c1-5-16-9-12-8-14(19-4)13(18-3)7-11(12)6-10(2)15(16)17/h7-8,10H,5-6,9H2,1-4H3/t10-/m0/s1. The van der Waals surface area contributed by atoms with Crippen molar-refractivity contribution in [3.8, 4) is 11.5 Å². The molecule has 19 heavy (non-hydrogen) atoms. The van der Waals surface area contributed by atoms with E-state index in [1.807, 2.05) is 30.9 Å². The van der Waals surface area contributed by atoms with Crippen molar-refractivity contribution in [2.24, 2.45) is 5.92 Å². The van der Waals surface area contributed by atoms with Gasteiger partial charge in [-0.15, -0.1) is 0 Å². The molecule has 1 amide bonds. The Morgan fingerprint density at radius 3 is 2.32 bits per heavy atom. The quantitative estimate of drug-likeness (QED) is 0.839. The van der Waals surface area contributed by atoms with Crippen molar-refractivity contribution in [3.05, 3.63) is 23.3 Å². The second-order valence-electron chi connectivity index (χ2n) is 4.93. The molecule has 4 heteroatoms. The van der Waals surface area contributed by atoms with Crippen molar-refractivity contribution < 1.29 is 14.3 Å². The predicted octanol–water partition coefficient (Wildman–Crippen LogP) is 2.24. The number of carbonyl (C=O) groups excluding carboxylic acids is 1. The summed E-state index contributed by atoms with van der Waals surface area (Å²) in [5.41, 5.74) is 2.33. The SMILES string of the molecule is CCN1Cc2cc(OC)c(OC)cc2C[C@H](C)C1=O. The van der Waals surface area contributed by atoms with Crippen LogP contribution >= 0.6 is 0 Å². The van der Waals surface area contributed by atoms with Crippen LogP contribution in [0.1, 0.15) is 25.0 Å². The number of benzene rings is 1. The van der Waals surface area contributed by atoms with Gasteiger partial charge in [-0.1, -0.05) is 6.92 Å². The number of rotatable bonds is 3. The molecule has 0 saturated heterocycles. The van der Waals surface area contributed by atoms with Crippen molar-refractivity contribution in [1.82, 2.24) is 4.90 Å². The van der Waals surface area contributed by atoms with E-state index in [9.17, 15) is 4.79 Å². The van der Waals surface area contributed by atoms with Gasteiger partial charge in [0.25, 0.3) is 0 Å². The first-order chi connectivity index (χ1) is 9.10. The topological polar surface area (TPSA) is 38.8 Å². The molecular formula is C15H21NO3. The van der Waals surface area contributed by atoms with Gasteiger partial charge in [-0.25, -0.2) is 0 Å². The lowest BCUT2D eigenvalue weighted by atomic mass is 9.98. The minimum Gasteiger partial charge on any atom is -0.493 e. The third-order valence-corrected chi connectivity index (χ3v) is 3.71. The Morgan fingerprint density at radius 1 is 1.21 bits per heavy atom. The monoisotopic (exact) mass is 263 g/mol. The van der Waals surface area contributed by atoms with E-state index < -0.39 is 0 Å². The fourth-order valence-electron chi connectivity index (χ4n) is 2.58. The van der Waals surface area contributed by atoms with E-state index in [-0.39, 0.29) is 11.8 Å². The Hall–Kier alpha value is -1.71. The van der Waals surface area contributed by atoms with Gasteiger partial charge in [0.15, 0.2) is 11.5 Å². The molecule has 0 aliphatic carbocycles. The van der Waals surface area contributed by atoms with Gasteiger partial charge in [-0.2, -0.15) is 0 Å². The van der Waals surface area contributed by atoms with Crippen LogP contribution in [0.15, 0.2) is 12.1 Å². The largest absolute Gasteiger partial charge is 0.493 e. The van der Waals surface area contributed by atoms with Gasteiger partial charge in [0.05, 0.1) is 14.2 Å². The number of hydrogen-bond acceptors (Lipinski definition) is 3. The van der Waals surface area contributed by atoms with Crippen LogP contribution in [0, 0.1) is 5.92 Å². The number of fused-ring (bicyclic) bond motifs is 1. The van der Waals surface area contributed by atoms with Crippen LogP contribution < -0.4 is 9.47 Å². The maximum Gasteiger partial charge on any atom is 0.226 e. The van der Waals surface area contributed by atoms with Crippen LogP contribution in [-0.4, -0.2) is 31.6 Å². The van der Waals surface area contributed by atoms with Crippen molar-refractivity contribution in [1.29, 1.82) is 0 Å². The number of carbonyl (C=O) groups is 1. The Balaban J connectivity index is 2.46. The lowest BCUT2D eigenvalue weighted by Crippen LogP contribution is -2.33. The van der Waals surface area contributed by atoms with E-state index >= 15 is 0 Å². The Labute approximate surface area is 114 Å². The summed E-state index contributed by atoms with van der Waals surface area (Å²) in [7, 11) is 3.26. The van der Waals surface area contributed by atoms with Gasteiger partial charge in [0, 0.05) is 19.0 Å². The Kier molecular flexibility index (Phi) is 3.98. The second-order valence-corrected chi connectivity index (χ2v) is 4.93. The smallest absolute Gasteiger partial charge is 0.226 e. The first-order valence-corrected chi connectivity index (χ1v) is 6.63. The summed E-state index contributed by atoms with van der Waals surface area (Å²) in [6.45, 7) is 5.37. The van der Waals surface area contributed by atoms with Crippen molar-refractivity contribution in [2.45, 2.75) is 26.8 Å². The molecule has 1 atom stereocenters. The molecule has 0 radical (unpaired) electrons. The lowest BCUT2D eigenvalue weighted by Gasteiger charge is -2.21. The van der Waals surface area contributed by atoms with Crippen LogP contribution in [-0.2, 0) is 17.8 Å². The van der Waals surface area contributed by atoms with Gasteiger partial charge < -0.3 is 14.4 Å². The molecule has 104 valence electrons. The minimum atomic E-state index is 0.0132. The summed E-state index contributed by atoms with van der Waals surface area (Å²) in [5.74, 6) is 1.68. The molecule has 0 spiro atoms. The Morgan fingerprint density at radius 2 is 1.79 bits per heavy atom. The molecule has 0 aromatic heterocycles.